The van der Waals surface area contributed by atoms with Gasteiger partial charge in [-0.25, -0.2) is 0 Å². The molecule has 17 heavy (non-hydrogen) atoms. The third-order valence-electron chi connectivity index (χ3n) is 3.58. The SMILES string of the molecule is CC1CC(NCC(C)(C)CCCO)CC(C)O1. The minimum atomic E-state index is 0.271. The van der Waals surface area contributed by atoms with E-state index in [-0.39, 0.29) is 5.41 Å². The zero-order valence-electron chi connectivity index (χ0n) is 11.8. The maximum Gasteiger partial charge on any atom is 0.0565 e. The van der Waals surface area contributed by atoms with Gasteiger partial charge in [0.15, 0.2) is 0 Å². The summed E-state index contributed by atoms with van der Waals surface area (Å²) in [6.07, 6.45) is 4.94. The molecule has 2 unspecified atom stereocenters. The molecule has 0 radical (unpaired) electrons. The molecular formula is C14H29NO2. The van der Waals surface area contributed by atoms with Gasteiger partial charge >= 0.3 is 0 Å². The molecule has 0 aromatic heterocycles. The summed E-state index contributed by atoms with van der Waals surface area (Å²) in [5.74, 6) is 0. The highest BCUT2D eigenvalue weighted by atomic mass is 16.5. The second-order valence-corrected chi connectivity index (χ2v) is 6.30. The lowest BCUT2D eigenvalue weighted by molar-refractivity contribution is -0.0431. The van der Waals surface area contributed by atoms with E-state index in [1.165, 1.54) is 0 Å². The first-order valence-electron chi connectivity index (χ1n) is 6.92. The predicted molar refractivity (Wildman–Crippen MR) is 71.1 cm³/mol. The molecule has 0 aromatic carbocycles. The smallest absolute Gasteiger partial charge is 0.0565 e. The molecule has 0 aliphatic carbocycles. The van der Waals surface area contributed by atoms with E-state index in [4.69, 9.17) is 9.84 Å². The molecule has 0 bridgehead atoms. The van der Waals surface area contributed by atoms with Crippen molar-refractivity contribution in [2.75, 3.05) is 13.2 Å². The van der Waals surface area contributed by atoms with Crippen LogP contribution in [0, 0.1) is 5.41 Å². The zero-order valence-corrected chi connectivity index (χ0v) is 11.8. The normalized spacial score (nSPS) is 30.5. The summed E-state index contributed by atoms with van der Waals surface area (Å²) < 4.78 is 5.74. The fourth-order valence-corrected chi connectivity index (χ4v) is 2.64. The van der Waals surface area contributed by atoms with Crippen molar-refractivity contribution in [3.63, 3.8) is 0 Å². The topological polar surface area (TPSA) is 41.5 Å². The molecule has 1 aliphatic heterocycles. The molecule has 2 N–H and O–H groups in total. The van der Waals surface area contributed by atoms with E-state index in [0.29, 0.717) is 24.9 Å². The number of hydrogen-bond acceptors (Lipinski definition) is 3. The van der Waals surface area contributed by atoms with Crippen LogP contribution in [0.25, 0.3) is 0 Å². The lowest BCUT2D eigenvalue weighted by atomic mass is 9.87. The highest BCUT2D eigenvalue weighted by Gasteiger charge is 2.26. The van der Waals surface area contributed by atoms with Gasteiger partial charge in [0.2, 0.25) is 0 Å². The van der Waals surface area contributed by atoms with E-state index in [0.717, 1.165) is 32.2 Å². The van der Waals surface area contributed by atoms with E-state index < -0.39 is 0 Å². The zero-order chi connectivity index (χ0) is 12.9. The van der Waals surface area contributed by atoms with E-state index >= 15 is 0 Å². The van der Waals surface area contributed by atoms with Crippen LogP contribution < -0.4 is 5.32 Å². The summed E-state index contributed by atoms with van der Waals surface area (Å²) in [7, 11) is 0. The van der Waals surface area contributed by atoms with Crippen LogP contribution >= 0.6 is 0 Å². The Balaban J connectivity index is 2.29. The van der Waals surface area contributed by atoms with Crippen LogP contribution in [0.2, 0.25) is 0 Å². The Morgan fingerprint density at radius 1 is 1.24 bits per heavy atom. The van der Waals surface area contributed by atoms with Crippen molar-refractivity contribution in [2.45, 2.75) is 71.6 Å². The number of nitrogens with one attached hydrogen (secondary N) is 1. The van der Waals surface area contributed by atoms with Crippen LogP contribution in [-0.4, -0.2) is 36.5 Å². The van der Waals surface area contributed by atoms with Gasteiger partial charge in [0, 0.05) is 19.2 Å². The Hall–Kier alpha value is -0.120. The summed E-state index contributed by atoms with van der Waals surface area (Å²) >= 11 is 0. The van der Waals surface area contributed by atoms with Crippen molar-refractivity contribution >= 4 is 0 Å². The molecule has 0 amide bonds. The van der Waals surface area contributed by atoms with Crippen molar-refractivity contribution in [3.05, 3.63) is 0 Å². The van der Waals surface area contributed by atoms with E-state index in [1.807, 2.05) is 0 Å². The van der Waals surface area contributed by atoms with Crippen LogP contribution in [0.5, 0.6) is 0 Å². The van der Waals surface area contributed by atoms with Gasteiger partial charge in [-0.05, 0) is 44.9 Å². The third-order valence-corrected chi connectivity index (χ3v) is 3.58. The van der Waals surface area contributed by atoms with Crippen LogP contribution in [0.1, 0.15) is 53.4 Å². The summed E-state index contributed by atoms with van der Waals surface area (Å²) in [6.45, 7) is 10.2. The quantitative estimate of drug-likeness (QED) is 0.752. The Bertz CT molecular complexity index is 208. The molecule has 1 fully saturated rings. The van der Waals surface area contributed by atoms with E-state index in [9.17, 15) is 0 Å². The van der Waals surface area contributed by atoms with Crippen molar-refractivity contribution < 1.29 is 9.84 Å². The van der Waals surface area contributed by atoms with Gasteiger partial charge in [0.05, 0.1) is 12.2 Å². The molecule has 102 valence electrons. The molecule has 2 atom stereocenters. The number of hydrogen-bond donors (Lipinski definition) is 2. The first kappa shape index (κ1) is 14.9. The van der Waals surface area contributed by atoms with Crippen LogP contribution in [0.4, 0.5) is 0 Å². The predicted octanol–water partition coefficient (Wildman–Crippen LogP) is 2.33. The minimum Gasteiger partial charge on any atom is -0.396 e. The number of aliphatic hydroxyl groups is 1. The Morgan fingerprint density at radius 3 is 2.35 bits per heavy atom. The van der Waals surface area contributed by atoms with Gasteiger partial charge in [-0.15, -0.1) is 0 Å². The molecule has 0 saturated carbocycles. The monoisotopic (exact) mass is 243 g/mol. The van der Waals surface area contributed by atoms with Crippen molar-refractivity contribution in [1.82, 2.24) is 5.32 Å². The fourth-order valence-electron chi connectivity index (χ4n) is 2.64. The average molecular weight is 243 g/mol. The standard InChI is InChI=1S/C14H29NO2/c1-11-8-13(9-12(2)17-11)15-10-14(3,4)6-5-7-16/h11-13,15-16H,5-10H2,1-4H3. The highest BCUT2D eigenvalue weighted by Crippen LogP contribution is 2.23. The Labute approximate surface area is 106 Å². The van der Waals surface area contributed by atoms with Crippen molar-refractivity contribution in [2.24, 2.45) is 5.41 Å². The van der Waals surface area contributed by atoms with Gasteiger partial charge in [0.25, 0.3) is 0 Å². The number of rotatable bonds is 6. The second-order valence-electron chi connectivity index (χ2n) is 6.30. The third kappa shape index (κ3) is 5.84. The van der Waals surface area contributed by atoms with Gasteiger partial charge in [0.1, 0.15) is 0 Å². The highest BCUT2D eigenvalue weighted by molar-refractivity contribution is 4.81. The molecule has 1 saturated heterocycles. The summed E-state index contributed by atoms with van der Waals surface area (Å²) in [6, 6.07) is 0.585. The molecule has 0 spiro atoms. The first-order chi connectivity index (χ1) is 7.93. The Kier molecular flexibility index (Phi) is 5.90. The van der Waals surface area contributed by atoms with Crippen LogP contribution in [0.15, 0.2) is 0 Å². The number of aliphatic hydroxyl groups excluding tert-OH is 1. The van der Waals surface area contributed by atoms with Crippen LogP contribution in [0.3, 0.4) is 0 Å². The largest absolute Gasteiger partial charge is 0.396 e. The molecule has 1 rings (SSSR count). The summed E-state index contributed by atoms with van der Waals surface area (Å²) in [5.41, 5.74) is 0.271. The molecule has 1 aliphatic rings. The average Bonchev–Trinajstić information content (AvgIpc) is 2.23. The van der Waals surface area contributed by atoms with Crippen LogP contribution in [-0.2, 0) is 4.74 Å². The van der Waals surface area contributed by atoms with Crippen molar-refractivity contribution in [3.8, 4) is 0 Å². The van der Waals surface area contributed by atoms with Crippen molar-refractivity contribution in [1.29, 1.82) is 0 Å². The minimum absolute atomic E-state index is 0.271. The second kappa shape index (κ2) is 6.72. The Morgan fingerprint density at radius 2 is 1.82 bits per heavy atom. The maximum atomic E-state index is 8.88. The maximum absolute atomic E-state index is 8.88. The fraction of sp³-hybridized carbons (Fsp3) is 1.00. The molecule has 1 heterocycles. The molecule has 0 aromatic rings. The van der Waals surface area contributed by atoms with Gasteiger partial charge in [-0.2, -0.15) is 0 Å². The summed E-state index contributed by atoms with van der Waals surface area (Å²) in [4.78, 5) is 0. The van der Waals surface area contributed by atoms with Gasteiger partial charge in [-0.1, -0.05) is 13.8 Å². The molecule has 3 heteroatoms. The van der Waals surface area contributed by atoms with E-state index in [2.05, 4.69) is 33.0 Å². The first-order valence-corrected chi connectivity index (χ1v) is 6.92. The van der Waals surface area contributed by atoms with Gasteiger partial charge < -0.3 is 15.2 Å². The molecular weight excluding hydrogens is 214 g/mol. The molecule has 3 nitrogen and oxygen atoms in total. The summed E-state index contributed by atoms with van der Waals surface area (Å²) in [5, 5.41) is 12.5. The van der Waals surface area contributed by atoms with E-state index in [1.54, 1.807) is 0 Å². The lowest BCUT2D eigenvalue weighted by Gasteiger charge is -2.35. The van der Waals surface area contributed by atoms with Gasteiger partial charge in [-0.3, -0.25) is 0 Å². The number of ether oxygens (including phenoxy) is 1. The lowest BCUT2D eigenvalue weighted by Crippen LogP contribution is -2.44.